The van der Waals surface area contributed by atoms with E-state index in [2.05, 4.69) is 5.32 Å². The molecule has 0 heterocycles. The second-order valence-electron chi connectivity index (χ2n) is 4.69. The summed E-state index contributed by atoms with van der Waals surface area (Å²) < 4.78 is 5.62. The predicted octanol–water partition coefficient (Wildman–Crippen LogP) is 3.96. The van der Waals surface area contributed by atoms with Gasteiger partial charge in [-0.3, -0.25) is 0 Å². The van der Waals surface area contributed by atoms with Gasteiger partial charge in [0.05, 0.1) is 18.2 Å². The highest BCUT2D eigenvalue weighted by molar-refractivity contribution is 5.94. The van der Waals surface area contributed by atoms with Gasteiger partial charge in [-0.2, -0.15) is 0 Å². The number of rotatable bonds is 6. The molecule has 1 unspecified atom stereocenters. The minimum absolute atomic E-state index is 0.0618. The summed E-state index contributed by atoms with van der Waals surface area (Å²) >= 11 is 0. The first-order chi connectivity index (χ1) is 10.1. The molecule has 0 bridgehead atoms. The van der Waals surface area contributed by atoms with Crippen molar-refractivity contribution in [3.63, 3.8) is 0 Å². The number of nitrogens with one attached hydrogen (secondary N) is 1. The molecule has 0 radical (unpaired) electrons. The molecular weight excluding hydrogens is 266 g/mol. The third kappa shape index (κ3) is 3.54. The standard InChI is InChI=1S/C17H19NO3/c1-3-21-16-11-7-5-8-13(16)12(2)18-15-10-6-4-9-14(15)17(19)20/h4-12,18H,3H2,1-2H3,(H,19,20). The normalized spacial score (nSPS) is 11.7. The molecule has 0 amide bonds. The Kier molecular flexibility index (Phi) is 4.82. The van der Waals surface area contributed by atoms with Gasteiger partial charge in [0.25, 0.3) is 0 Å². The van der Waals surface area contributed by atoms with Crippen molar-refractivity contribution in [2.24, 2.45) is 0 Å². The van der Waals surface area contributed by atoms with Crippen molar-refractivity contribution in [3.8, 4) is 5.75 Å². The first kappa shape index (κ1) is 14.9. The summed E-state index contributed by atoms with van der Waals surface area (Å²) in [5, 5.41) is 12.5. The van der Waals surface area contributed by atoms with E-state index in [0.717, 1.165) is 11.3 Å². The fourth-order valence-corrected chi connectivity index (χ4v) is 2.23. The number of para-hydroxylation sites is 2. The minimum Gasteiger partial charge on any atom is -0.494 e. The van der Waals surface area contributed by atoms with Gasteiger partial charge < -0.3 is 15.2 Å². The number of aromatic carboxylic acids is 1. The Morgan fingerprint density at radius 1 is 1.19 bits per heavy atom. The molecule has 1 atom stereocenters. The van der Waals surface area contributed by atoms with Crippen LogP contribution >= 0.6 is 0 Å². The lowest BCUT2D eigenvalue weighted by atomic mass is 10.1. The van der Waals surface area contributed by atoms with E-state index in [0.29, 0.717) is 12.3 Å². The number of ether oxygens (including phenoxy) is 1. The largest absolute Gasteiger partial charge is 0.494 e. The zero-order valence-electron chi connectivity index (χ0n) is 12.2. The van der Waals surface area contributed by atoms with Gasteiger partial charge in [0.2, 0.25) is 0 Å². The molecule has 21 heavy (non-hydrogen) atoms. The lowest BCUT2D eigenvalue weighted by molar-refractivity contribution is 0.0698. The van der Waals surface area contributed by atoms with Gasteiger partial charge in [0, 0.05) is 11.3 Å². The summed E-state index contributed by atoms with van der Waals surface area (Å²) in [7, 11) is 0. The number of carboxylic acids is 1. The first-order valence-electron chi connectivity index (χ1n) is 6.94. The van der Waals surface area contributed by atoms with E-state index in [-0.39, 0.29) is 11.6 Å². The molecule has 2 aromatic carbocycles. The highest BCUT2D eigenvalue weighted by Gasteiger charge is 2.14. The lowest BCUT2D eigenvalue weighted by Crippen LogP contribution is -2.12. The quantitative estimate of drug-likeness (QED) is 0.843. The first-order valence-corrected chi connectivity index (χ1v) is 6.94. The van der Waals surface area contributed by atoms with Gasteiger partial charge in [0.15, 0.2) is 0 Å². The Balaban J connectivity index is 2.26. The lowest BCUT2D eigenvalue weighted by Gasteiger charge is -2.20. The molecule has 0 saturated carbocycles. The number of hydrogen-bond acceptors (Lipinski definition) is 3. The van der Waals surface area contributed by atoms with E-state index in [1.54, 1.807) is 18.2 Å². The Bertz CT molecular complexity index is 625. The number of carboxylic acid groups (broad SMARTS) is 1. The highest BCUT2D eigenvalue weighted by Crippen LogP contribution is 2.28. The monoisotopic (exact) mass is 285 g/mol. The Morgan fingerprint density at radius 3 is 2.57 bits per heavy atom. The molecule has 0 aliphatic carbocycles. The average molecular weight is 285 g/mol. The summed E-state index contributed by atoms with van der Waals surface area (Å²) in [6.45, 7) is 4.51. The zero-order valence-corrected chi connectivity index (χ0v) is 12.2. The van der Waals surface area contributed by atoms with Gasteiger partial charge in [-0.15, -0.1) is 0 Å². The van der Waals surface area contributed by atoms with Crippen molar-refractivity contribution >= 4 is 11.7 Å². The molecule has 2 aromatic rings. The van der Waals surface area contributed by atoms with E-state index in [9.17, 15) is 9.90 Å². The van der Waals surface area contributed by atoms with Gasteiger partial charge in [-0.05, 0) is 32.0 Å². The molecule has 0 spiro atoms. The van der Waals surface area contributed by atoms with Gasteiger partial charge in [-0.25, -0.2) is 4.79 Å². The smallest absolute Gasteiger partial charge is 0.337 e. The number of carbonyl (C=O) groups is 1. The summed E-state index contributed by atoms with van der Waals surface area (Å²) in [5.74, 6) is -0.129. The third-order valence-electron chi connectivity index (χ3n) is 3.21. The van der Waals surface area contributed by atoms with Crippen molar-refractivity contribution in [3.05, 3.63) is 59.7 Å². The van der Waals surface area contributed by atoms with E-state index in [1.807, 2.05) is 44.2 Å². The number of hydrogen-bond donors (Lipinski definition) is 2. The fraction of sp³-hybridized carbons (Fsp3) is 0.235. The van der Waals surface area contributed by atoms with Crippen LogP contribution < -0.4 is 10.1 Å². The Labute approximate surface area is 124 Å². The average Bonchev–Trinajstić information content (AvgIpc) is 2.48. The number of anilines is 1. The number of benzene rings is 2. The van der Waals surface area contributed by atoms with E-state index in [1.165, 1.54) is 0 Å². The molecule has 4 heteroatoms. The molecule has 0 aromatic heterocycles. The van der Waals surface area contributed by atoms with Crippen LogP contribution in [0, 0.1) is 0 Å². The van der Waals surface area contributed by atoms with Crippen LogP contribution in [0.25, 0.3) is 0 Å². The minimum atomic E-state index is -0.941. The van der Waals surface area contributed by atoms with Crippen LogP contribution in [0.5, 0.6) is 5.75 Å². The Hall–Kier alpha value is -2.49. The van der Waals surface area contributed by atoms with Gasteiger partial charge in [-0.1, -0.05) is 30.3 Å². The molecule has 0 fully saturated rings. The van der Waals surface area contributed by atoms with Gasteiger partial charge >= 0.3 is 5.97 Å². The summed E-state index contributed by atoms with van der Waals surface area (Å²) in [6, 6.07) is 14.6. The second kappa shape index (κ2) is 6.79. The van der Waals surface area contributed by atoms with Crippen molar-refractivity contribution in [1.29, 1.82) is 0 Å². The van der Waals surface area contributed by atoms with Crippen LogP contribution in [0.4, 0.5) is 5.69 Å². The van der Waals surface area contributed by atoms with E-state index < -0.39 is 5.97 Å². The van der Waals surface area contributed by atoms with E-state index in [4.69, 9.17) is 4.74 Å². The third-order valence-corrected chi connectivity index (χ3v) is 3.21. The molecule has 110 valence electrons. The van der Waals surface area contributed by atoms with Crippen molar-refractivity contribution in [2.45, 2.75) is 19.9 Å². The predicted molar refractivity (Wildman–Crippen MR) is 83.1 cm³/mol. The molecule has 4 nitrogen and oxygen atoms in total. The van der Waals surface area contributed by atoms with Crippen LogP contribution in [0.3, 0.4) is 0 Å². The summed E-state index contributed by atoms with van der Waals surface area (Å²) in [5.41, 5.74) is 1.86. The summed E-state index contributed by atoms with van der Waals surface area (Å²) in [6.07, 6.45) is 0. The van der Waals surface area contributed by atoms with Crippen molar-refractivity contribution in [1.82, 2.24) is 0 Å². The van der Waals surface area contributed by atoms with Crippen LogP contribution in [0.15, 0.2) is 48.5 Å². The maximum Gasteiger partial charge on any atom is 0.337 e. The molecule has 2 rings (SSSR count). The molecular formula is C17H19NO3. The Morgan fingerprint density at radius 2 is 1.86 bits per heavy atom. The van der Waals surface area contributed by atoms with Crippen molar-refractivity contribution < 1.29 is 14.6 Å². The van der Waals surface area contributed by atoms with Crippen LogP contribution in [0.1, 0.15) is 35.8 Å². The topological polar surface area (TPSA) is 58.6 Å². The van der Waals surface area contributed by atoms with Crippen LogP contribution in [-0.2, 0) is 0 Å². The maximum absolute atomic E-state index is 11.2. The second-order valence-corrected chi connectivity index (χ2v) is 4.69. The fourth-order valence-electron chi connectivity index (χ4n) is 2.23. The summed E-state index contributed by atoms with van der Waals surface area (Å²) in [4.78, 5) is 11.2. The van der Waals surface area contributed by atoms with Crippen LogP contribution in [0.2, 0.25) is 0 Å². The van der Waals surface area contributed by atoms with Crippen LogP contribution in [-0.4, -0.2) is 17.7 Å². The highest BCUT2D eigenvalue weighted by atomic mass is 16.5. The van der Waals surface area contributed by atoms with E-state index >= 15 is 0 Å². The molecule has 2 N–H and O–H groups in total. The molecule has 0 aliphatic heterocycles. The molecule has 0 aliphatic rings. The van der Waals surface area contributed by atoms with Gasteiger partial charge in [0.1, 0.15) is 5.75 Å². The van der Waals surface area contributed by atoms with Crippen molar-refractivity contribution in [2.75, 3.05) is 11.9 Å². The molecule has 0 saturated heterocycles. The SMILES string of the molecule is CCOc1ccccc1C(C)Nc1ccccc1C(=O)O. The maximum atomic E-state index is 11.2. The zero-order chi connectivity index (χ0) is 15.2.